The van der Waals surface area contributed by atoms with Gasteiger partial charge in [0.25, 0.3) is 0 Å². The van der Waals surface area contributed by atoms with Gasteiger partial charge in [-0.3, -0.25) is 4.79 Å². The SMILES string of the molecule is CC(Cc1cn(C)c2ccc(F)cc12)NC(=O)Cn1nnc(-c2ccccc2)n1. The summed E-state index contributed by atoms with van der Waals surface area (Å²) < 4.78 is 15.6. The molecule has 1 unspecified atom stereocenters. The van der Waals surface area contributed by atoms with Crippen molar-refractivity contribution >= 4 is 16.8 Å². The van der Waals surface area contributed by atoms with Crippen molar-refractivity contribution in [3.8, 4) is 11.4 Å². The number of carbonyl (C=O) groups excluding carboxylic acids is 1. The lowest BCUT2D eigenvalue weighted by Crippen LogP contribution is -2.36. The highest BCUT2D eigenvalue weighted by Crippen LogP contribution is 2.23. The van der Waals surface area contributed by atoms with Crippen LogP contribution >= 0.6 is 0 Å². The normalized spacial score (nSPS) is 12.2. The fraction of sp³-hybridized carbons (Fsp3) is 0.238. The van der Waals surface area contributed by atoms with Crippen molar-refractivity contribution in [2.75, 3.05) is 0 Å². The third-order valence-corrected chi connectivity index (χ3v) is 4.74. The third-order valence-electron chi connectivity index (χ3n) is 4.74. The van der Waals surface area contributed by atoms with Crippen molar-refractivity contribution in [2.24, 2.45) is 7.05 Å². The van der Waals surface area contributed by atoms with Crippen molar-refractivity contribution in [3.05, 3.63) is 66.1 Å². The average Bonchev–Trinajstić information content (AvgIpc) is 3.27. The highest BCUT2D eigenvalue weighted by atomic mass is 19.1. The fourth-order valence-electron chi connectivity index (χ4n) is 3.45. The zero-order chi connectivity index (χ0) is 20.4. The summed E-state index contributed by atoms with van der Waals surface area (Å²) in [6.07, 6.45) is 2.56. The Morgan fingerprint density at radius 1 is 1.21 bits per heavy atom. The second-order valence-corrected chi connectivity index (χ2v) is 7.11. The van der Waals surface area contributed by atoms with Gasteiger partial charge in [0.2, 0.25) is 11.7 Å². The zero-order valence-corrected chi connectivity index (χ0v) is 16.2. The molecule has 8 heteroatoms. The van der Waals surface area contributed by atoms with E-state index in [4.69, 9.17) is 0 Å². The molecule has 1 amide bonds. The number of aromatic nitrogens is 5. The van der Waals surface area contributed by atoms with Crippen LogP contribution in [0.1, 0.15) is 12.5 Å². The van der Waals surface area contributed by atoms with Crippen molar-refractivity contribution in [3.63, 3.8) is 0 Å². The van der Waals surface area contributed by atoms with Gasteiger partial charge in [0.1, 0.15) is 12.4 Å². The van der Waals surface area contributed by atoms with Gasteiger partial charge < -0.3 is 9.88 Å². The number of fused-ring (bicyclic) bond motifs is 1. The number of nitrogens with one attached hydrogen (secondary N) is 1. The van der Waals surface area contributed by atoms with E-state index in [2.05, 4.69) is 20.7 Å². The van der Waals surface area contributed by atoms with Crippen molar-refractivity contribution in [1.29, 1.82) is 0 Å². The van der Waals surface area contributed by atoms with Gasteiger partial charge in [0.15, 0.2) is 0 Å². The standard InChI is InChI=1S/C21H21FN6O/c1-14(10-16-12-27(2)19-9-8-17(22)11-18(16)19)23-20(29)13-28-25-21(24-26-28)15-6-4-3-5-7-15/h3-9,11-12,14H,10,13H2,1-2H3,(H,23,29). The van der Waals surface area contributed by atoms with Crippen molar-refractivity contribution < 1.29 is 9.18 Å². The van der Waals surface area contributed by atoms with Gasteiger partial charge in [-0.25, -0.2) is 4.39 Å². The molecule has 1 atom stereocenters. The molecule has 0 radical (unpaired) electrons. The van der Waals surface area contributed by atoms with Gasteiger partial charge in [-0.05, 0) is 42.3 Å². The molecule has 2 heterocycles. The number of aryl methyl sites for hydroxylation is 1. The van der Waals surface area contributed by atoms with Crippen LogP contribution in [0.5, 0.6) is 0 Å². The van der Waals surface area contributed by atoms with Crippen LogP contribution in [0, 0.1) is 5.82 Å². The highest BCUT2D eigenvalue weighted by Gasteiger charge is 2.15. The average molecular weight is 392 g/mol. The molecule has 0 bridgehead atoms. The molecule has 0 aliphatic heterocycles. The van der Waals surface area contributed by atoms with Crippen LogP contribution in [0.25, 0.3) is 22.3 Å². The van der Waals surface area contributed by atoms with E-state index < -0.39 is 0 Å². The summed E-state index contributed by atoms with van der Waals surface area (Å²) in [6, 6.07) is 14.1. The van der Waals surface area contributed by atoms with E-state index in [0.717, 1.165) is 22.0 Å². The van der Waals surface area contributed by atoms with E-state index in [1.165, 1.54) is 16.9 Å². The maximum Gasteiger partial charge on any atom is 0.243 e. The minimum Gasteiger partial charge on any atom is -0.352 e. The summed E-state index contributed by atoms with van der Waals surface area (Å²) in [5, 5.41) is 16.0. The maximum atomic E-state index is 13.6. The molecule has 4 aromatic rings. The first kappa shape index (κ1) is 18.8. The second kappa shape index (κ2) is 7.83. The Kier molecular flexibility index (Phi) is 5.07. The molecule has 0 fully saturated rings. The molecular weight excluding hydrogens is 371 g/mol. The predicted molar refractivity (Wildman–Crippen MR) is 107 cm³/mol. The first-order valence-electron chi connectivity index (χ1n) is 9.35. The molecule has 2 aromatic carbocycles. The van der Waals surface area contributed by atoms with E-state index in [1.807, 2.05) is 55.1 Å². The fourth-order valence-corrected chi connectivity index (χ4v) is 3.45. The summed E-state index contributed by atoms with van der Waals surface area (Å²) in [4.78, 5) is 13.7. The topological polar surface area (TPSA) is 77.6 Å². The molecule has 0 spiro atoms. The van der Waals surface area contributed by atoms with Crippen LogP contribution in [0.4, 0.5) is 4.39 Å². The lowest BCUT2D eigenvalue weighted by molar-refractivity contribution is -0.122. The van der Waals surface area contributed by atoms with Crippen LogP contribution < -0.4 is 5.32 Å². The Balaban J connectivity index is 1.39. The number of tetrazole rings is 1. The Hall–Kier alpha value is -3.55. The molecule has 0 saturated carbocycles. The number of hydrogen-bond donors (Lipinski definition) is 1. The minimum atomic E-state index is -0.270. The van der Waals surface area contributed by atoms with Gasteiger partial charge in [-0.1, -0.05) is 30.3 Å². The van der Waals surface area contributed by atoms with Gasteiger partial charge in [0, 0.05) is 35.8 Å². The quantitative estimate of drug-likeness (QED) is 0.547. The summed E-state index contributed by atoms with van der Waals surface area (Å²) in [5.74, 6) is -0.00160. The Labute approximate surface area is 167 Å². The lowest BCUT2D eigenvalue weighted by Gasteiger charge is -2.13. The van der Waals surface area contributed by atoms with E-state index in [1.54, 1.807) is 6.07 Å². The molecule has 7 nitrogen and oxygen atoms in total. The largest absolute Gasteiger partial charge is 0.352 e. The van der Waals surface area contributed by atoms with E-state index in [-0.39, 0.29) is 24.3 Å². The van der Waals surface area contributed by atoms with E-state index in [9.17, 15) is 9.18 Å². The molecule has 0 aliphatic rings. The Morgan fingerprint density at radius 2 is 2.00 bits per heavy atom. The summed E-state index contributed by atoms with van der Waals surface area (Å²) in [5.41, 5.74) is 2.79. The molecule has 4 rings (SSSR count). The molecule has 0 aliphatic carbocycles. The molecule has 0 saturated heterocycles. The van der Waals surface area contributed by atoms with Crippen LogP contribution in [-0.2, 0) is 24.8 Å². The number of nitrogens with zero attached hydrogens (tertiary/aromatic N) is 5. The third kappa shape index (κ3) is 4.16. The predicted octanol–water partition coefficient (Wildman–Crippen LogP) is 2.72. The lowest BCUT2D eigenvalue weighted by atomic mass is 10.1. The summed E-state index contributed by atoms with van der Waals surface area (Å²) in [6.45, 7) is 1.90. The summed E-state index contributed by atoms with van der Waals surface area (Å²) in [7, 11) is 1.92. The molecular formula is C21H21FN6O. The van der Waals surface area contributed by atoms with Crippen LogP contribution in [0.2, 0.25) is 0 Å². The molecule has 1 N–H and O–H groups in total. The minimum absolute atomic E-state index is 0.0195. The molecule has 2 aromatic heterocycles. The first-order valence-corrected chi connectivity index (χ1v) is 9.35. The highest BCUT2D eigenvalue weighted by molar-refractivity contribution is 5.84. The first-order chi connectivity index (χ1) is 14.0. The van der Waals surface area contributed by atoms with Crippen LogP contribution in [0.15, 0.2) is 54.7 Å². The zero-order valence-electron chi connectivity index (χ0n) is 16.2. The maximum absolute atomic E-state index is 13.6. The number of rotatable bonds is 6. The second-order valence-electron chi connectivity index (χ2n) is 7.11. The Bertz CT molecular complexity index is 1150. The van der Waals surface area contributed by atoms with Gasteiger partial charge >= 0.3 is 0 Å². The van der Waals surface area contributed by atoms with Gasteiger partial charge in [0.05, 0.1) is 0 Å². The number of carbonyl (C=O) groups is 1. The number of hydrogen-bond acceptors (Lipinski definition) is 4. The van der Waals surface area contributed by atoms with E-state index in [0.29, 0.717) is 12.2 Å². The van der Waals surface area contributed by atoms with Gasteiger partial charge in [-0.15, -0.1) is 10.2 Å². The molecule has 29 heavy (non-hydrogen) atoms. The van der Waals surface area contributed by atoms with Gasteiger partial charge in [-0.2, -0.15) is 4.80 Å². The van der Waals surface area contributed by atoms with Crippen LogP contribution in [-0.4, -0.2) is 36.7 Å². The number of benzene rings is 2. The van der Waals surface area contributed by atoms with Crippen molar-refractivity contribution in [1.82, 2.24) is 30.1 Å². The number of amides is 1. The smallest absolute Gasteiger partial charge is 0.243 e. The number of halogens is 1. The Morgan fingerprint density at radius 3 is 2.79 bits per heavy atom. The monoisotopic (exact) mass is 392 g/mol. The van der Waals surface area contributed by atoms with Crippen LogP contribution in [0.3, 0.4) is 0 Å². The van der Waals surface area contributed by atoms with E-state index >= 15 is 0 Å². The summed E-state index contributed by atoms with van der Waals surface area (Å²) >= 11 is 0. The van der Waals surface area contributed by atoms with Crippen molar-refractivity contribution in [2.45, 2.75) is 25.9 Å². The molecule has 148 valence electrons.